The molecule has 0 radical (unpaired) electrons. The van der Waals surface area contributed by atoms with Crippen LogP contribution in [0.5, 0.6) is 0 Å². The van der Waals surface area contributed by atoms with Crippen molar-refractivity contribution in [2.45, 2.75) is 6.92 Å². The van der Waals surface area contributed by atoms with Crippen molar-refractivity contribution in [3.63, 3.8) is 0 Å². The SMILES string of the molecule is CC[N+]1(O)C(=O)C(=O)N(O)N1O. The van der Waals surface area contributed by atoms with Crippen LogP contribution in [0.4, 0.5) is 0 Å². The van der Waals surface area contributed by atoms with E-state index in [1.807, 2.05) is 0 Å². The molecular formula is C4H8N3O5+. The van der Waals surface area contributed by atoms with E-state index in [1.54, 1.807) is 0 Å². The summed E-state index contributed by atoms with van der Waals surface area (Å²) in [6, 6.07) is 0. The number of carbonyl (C=O) groups excluding carboxylic acids is 2. The van der Waals surface area contributed by atoms with Crippen LogP contribution in [0.2, 0.25) is 0 Å². The van der Waals surface area contributed by atoms with Crippen molar-refractivity contribution in [2.24, 2.45) is 0 Å². The Labute approximate surface area is 66.8 Å². The molecule has 3 N–H and O–H groups in total. The molecule has 2 amide bonds. The first-order valence-electron chi connectivity index (χ1n) is 3.13. The number of hydroxylamine groups is 3. The van der Waals surface area contributed by atoms with Gasteiger partial charge < -0.3 is 0 Å². The molecule has 0 aromatic carbocycles. The molecule has 1 saturated heterocycles. The monoisotopic (exact) mass is 178 g/mol. The average Bonchev–Trinajstić information content (AvgIpc) is 2.22. The number of carbonyl (C=O) groups is 2. The van der Waals surface area contributed by atoms with Gasteiger partial charge in [0.25, 0.3) is 0 Å². The fraction of sp³-hybridized carbons (Fsp3) is 0.500. The van der Waals surface area contributed by atoms with Crippen LogP contribution in [-0.4, -0.2) is 49.2 Å². The van der Waals surface area contributed by atoms with Gasteiger partial charge in [-0.3, -0.25) is 10.0 Å². The quantitative estimate of drug-likeness (QED) is 0.256. The van der Waals surface area contributed by atoms with Gasteiger partial charge >= 0.3 is 11.8 Å². The van der Waals surface area contributed by atoms with Gasteiger partial charge in [0.1, 0.15) is 11.8 Å². The third kappa shape index (κ3) is 0.838. The van der Waals surface area contributed by atoms with Gasteiger partial charge in [0.2, 0.25) is 0 Å². The highest BCUT2D eigenvalue weighted by atomic mass is 16.8. The number of hydrogen-bond acceptors (Lipinski definition) is 6. The zero-order valence-electron chi connectivity index (χ0n) is 6.21. The third-order valence-electron chi connectivity index (χ3n) is 1.60. The van der Waals surface area contributed by atoms with Gasteiger partial charge in [-0.1, -0.05) is 5.17 Å². The standard InChI is InChI=1S/C4H8N3O5/c1-2-7(12)4(9)3(8)5(10)6(7)11/h10-12H,2H2,1H3/q+1. The molecule has 1 aliphatic heterocycles. The highest BCUT2D eigenvalue weighted by molar-refractivity contribution is 6.32. The lowest BCUT2D eigenvalue weighted by Gasteiger charge is -2.22. The van der Waals surface area contributed by atoms with Crippen molar-refractivity contribution in [1.82, 2.24) is 10.5 Å². The smallest absolute Gasteiger partial charge is 0.264 e. The maximum Gasteiger partial charge on any atom is 0.463 e. The van der Waals surface area contributed by atoms with Gasteiger partial charge in [-0.2, -0.15) is 5.21 Å². The summed E-state index contributed by atoms with van der Waals surface area (Å²) in [7, 11) is 0. The van der Waals surface area contributed by atoms with Gasteiger partial charge in [-0.05, 0) is 6.92 Å². The molecule has 1 fully saturated rings. The van der Waals surface area contributed by atoms with Crippen molar-refractivity contribution in [2.75, 3.05) is 6.54 Å². The fourth-order valence-corrected chi connectivity index (χ4v) is 0.811. The molecule has 12 heavy (non-hydrogen) atoms. The second-order valence-electron chi connectivity index (χ2n) is 2.21. The number of likely N-dealkylation sites (N-methyl/N-ethyl adjacent to an activating group) is 1. The fourth-order valence-electron chi connectivity index (χ4n) is 0.811. The molecule has 68 valence electrons. The first kappa shape index (κ1) is 9.03. The number of hydrazine groups is 1. The Hall–Kier alpha value is -1.06. The lowest BCUT2D eigenvalue weighted by atomic mass is 10.5. The predicted octanol–water partition coefficient (Wildman–Crippen LogP) is -1.51. The molecule has 0 saturated carbocycles. The van der Waals surface area contributed by atoms with Crippen molar-refractivity contribution in [3.8, 4) is 0 Å². The summed E-state index contributed by atoms with van der Waals surface area (Å²) in [5, 5.41) is 26.1. The second kappa shape index (κ2) is 2.47. The van der Waals surface area contributed by atoms with Crippen LogP contribution in [0.1, 0.15) is 6.92 Å². The van der Waals surface area contributed by atoms with E-state index < -0.39 is 16.6 Å². The lowest BCUT2D eigenvalue weighted by Crippen LogP contribution is -2.56. The topological polar surface area (TPSA) is 101 Å². The first-order valence-corrected chi connectivity index (χ1v) is 3.13. The van der Waals surface area contributed by atoms with E-state index in [2.05, 4.69) is 0 Å². The predicted molar refractivity (Wildman–Crippen MR) is 29.9 cm³/mol. The van der Waals surface area contributed by atoms with Gasteiger partial charge in [-0.25, -0.2) is 10.0 Å². The van der Waals surface area contributed by atoms with Crippen LogP contribution in [0.15, 0.2) is 0 Å². The van der Waals surface area contributed by atoms with Crippen LogP contribution in [-0.2, 0) is 9.59 Å². The molecule has 1 heterocycles. The Morgan fingerprint density at radius 2 is 1.92 bits per heavy atom. The minimum absolute atomic E-state index is 0.259. The molecule has 1 rings (SSSR count). The van der Waals surface area contributed by atoms with Crippen LogP contribution >= 0.6 is 0 Å². The molecule has 0 aromatic rings. The van der Waals surface area contributed by atoms with Crippen LogP contribution in [0, 0.1) is 0 Å². The minimum atomic E-state index is -1.66. The summed E-state index contributed by atoms with van der Waals surface area (Å²) in [6.45, 7) is 1.09. The number of rotatable bonds is 1. The van der Waals surface area contributed by atoms with E-state index in [0.29, 0.717) is 0 Å². The summed E-state index contributed by atoms with van der Waals surface area (Å²) in [4.78, 5) is 21.5. The van der Waals surface area contributed by atoms with Gasteiger partial charge in [0.05, 0.1) is 0 Å². The van der Waals surface area contributed by atoms with Crippen molar-refractivity contribution in [3.05, 3.63) is 0 Å². The summed E-state index contributed by atoms with van der Waals surface area (Å²) >= 11 is 0. The number of amides is 2. The lowest BCUT2D eigenvalue weighted by molar-refractivity contribution is -1.17. The highest BCUT2D eigenvalue weighted by Crippen LogP contribution is 2.17. The van der Waals surface area contributed by atoms with Crippen LogP contribution < -0.4 is 0 Å². The van der Waals surface area contributed by atoms with Gasteiger partial charge in [0.15, 0.2) is 0 Å². The second-order valence-corrected chi connectivity index (χ2v) is 2.21. The highest BCUT2D eigenvalue weighted by Gasteiger charge is 2.60. The van der Waals surface area contributed by atoms with E-state index >= 15 is 0 Å². The maximum atomic E-state index is 10.8. The van der Waals surface area contributed by atoms with Crippen LogP contribution in [0.25, 0.3) is 0 Å². The van der Waals surface area contributed by atoms with Crippen molar-refractivity contribution >= 4 is 11.8 Å². The van der Waals surface area contributed by atoms with Crippen molar-refractivity contribution < 1.29 is 30.0 Å². The molecule has 1 atom stereocenters. The van der Waals surface area contributed by atoms with E-state index in [1.165, 1.54) is 6.92 Å². The molecule has 0 spiro atoms. The Kier molecular flexibility index (Phi) is 1.86. The molecule has 1 aliphatic rings. The third-order valence-corrected chi connectivity index (χ3v) is 1.60. The van der Waals surface area contributed by atoms with Gasteiger partial charge in [-0.15, -0.1) is 0 Å². The van der Waals surface area contributed by atoms with E-state index in [9.17, 15) is 14.8 Å². The van der Waals surface area contributed by atoms with E-state index in [4.69, 9.17) is 10.4 Å². The summed E-state index contributed by atoms with van der Waals surface area (Å²) in [6.07, 6.45) is 0. The number of nitrogens with zero attached hydrogens (tertiary/aromatic N) is 3. The molecule has 8 heteroatoms. The van der Waals surface area contributed by atoms with Crippen LogP contribution in [0.3, 0.4) is 0 Å². The molecule has 0 aliphatic carbocycles. The average molecular weight is 178 g/mol. The number of quaternary nitrogens is 1. The molecule has 8 nitrogen and oxygen atoms in total. The molecule has 0 aromatic heterocycles. The summed E-state index contributed by atoms with van der Waals surface area (Å²) in [5.41, 5.74) is 0. The Morgan fingerprint density at radius 1 is 1.42 bits per heavy atom. The maximum absolute atomic E-state index is 10.8. The van der Waals surface area contributed by atoms with E-state index in [0.717, 1.165) is 0 Å². The Balaban J connectivity index is 3.06. The molecular weight excluding hydrogens is 170 g/mol. The van der Waals surface area contributed by atoms with Gasteiger partial charge in [0, 0.05) is 4.76 Å². The largest absolute Gasteiger partial charge is 0.463 e. The normalized spacial score (nSPS) is 31.8. The van der Waals surface area contributed by atoms with E-state index in [-0.39, 0.29) is 17.0 Å². The zero-order chi connectivity index (χ0) is 9.52. The molecule has 0 bridgehead atoms. The summed E-state index contributed by atoms with van der Waals surface area (Å²) in [5.74, 6) is -2.70. The minimum Gasteiger partial charge on any atom is -0.264 e. The van der Waals surface area contributed by atoms with Crippen molar-refractivity contribution in [1.29, 1.82) is 0 Å². The Bertz CT molecular complexity index is 243. The first-order chi connectivity index (χ1) is 5.45. The molecule has 1 unspecified atom stereocenters. The zero-order valence-corrected chi connectivity index (χ0v) is 6.21. The Morgan fingerprint density at radius 3 is 2.08 bits per heavy atom. The number of hydrogen-bond donors (Lipinski definition) is 3. The summed E-state index contributed by atoms with van der Waals surface area (Å²) < 4.78 is -1.66.